The Labute approximate surface area is 159 Å². The van der Waals surface area contributed by atoms with E-state index in [1.165, 1.54) is 17.8 Å². The predicted molar refractivity (Wildman–Crippen MR) is 103 cm³/mol. The summed E-state index contributed by atoms with van der Waals surface area (Å²) in [7, 11) is 0. The Hall–Kier alpha value is -3.56. The maximum absolute atomic E-state index is 12.4. The molecule has 0 aliphatic carbocycles. The van der Waals surface area contributed by atoms with Gasteiger partial charge in [-0.1, -0.05) is 42.5 Å². The molecule has 0 radical (unpaired) electrons. The van der Waals surface area contributed by atoms with Crippen LogP contribution in [0.4, 0.5) is 0 Å². The van der Waals surface area contributed by atoms with Gasteiger partial charge in [-0.15, -0.1) is 0 Å². The number of carbonyl (C=O) groups excluding carboxylic acids is 1. The van der Waals surface area contributed by atoms with E-state index in [1.807, 2.05) is 36.4 Å². The van der Waals surface area contributed by atoms with E-state index in [4.69, 9.17) is 4.42 Å². The maximum atomic E-state index is 12.4. The highest BCUT2D eigenvalue weighted by molar-refractivity contribution is 7.99. The second kappa shape index (κ2) is 7.36. The van der Waals surface area contributed by atoms with Crippen molar-refractivity contribution in [2.75, 3.05) is 0 Å². The van der Waals surface area contributed by atoms with Gasteiger partial charge >= 0.3 is 0 Å². The molecular weight excluding hydrogens is 358 g/mol. The molecule has 0 saturated carbocycles. The zero-order valence-electron chi connectivity index (χ0n) is 14.0. The molecule has 1 N–H and O–H groups in total. The summed E-state index contributed by atoms with van der Waals surface area (Å²) in [5.41, 5.74) is 2.32. The molecule has 27 heavy (non-hydrogen) atoms. The summed E-state index contributed by atoms with van der Waals surface area (Å²) in [5.74, 6) is 0.107. The number of aromatic amines is 1. The Morgan fingerprint density at radius 3 is 2.63 bits per heavy atom. The molecule has 6 heteroatoms. The first-order valence-electron chi connectivity index (χ1n) is 8.17. The number of benzene rings is 2. The molecule has 4 rings (SSSR count). The summed E-state index contributed by atoms with van der Waals surface area (Å²) >= 11 is 1.34. The van der Waals surface area contributed by atoms with Crippen molar-refractivity contribution in [3.8, 4) is 6.07 Å². The van der Waals surface area contributed by atoms with Crippen LogP contribution >= 0.6 is 11.8 Å². The van der Waals surface area contributed by atoms with Gasteiger partial charge in [0.25, 0.3) is 0 Å². The zero-order chi connectivity index (χ0) is 18.6. The highest BCUT2D eigenvalue weighted by Crippen LogP contribution is 2.29. The largest absolute Gasteiger partial charge is 0.450 e. The van der Waals surface area contributed by atoms with Crippen molar-refractivity contribution in [1.29, 1.82) is 5.26 Å². The number of carbonyl (C=O) groups is 1. The van der Waals surface area contributed by atoms with Crippen LogP contribution in [0.15, 0.2) is 87.0 Å². The van der Waals surface area contributed by atoms with E-state index in [2.05, 4.69) is 9.97 Å². The second-order valence-electron chi connectivity index (χ2n) is 5.68. The standard InChI is InChI=1S/C21H13N3O2S/c22-13-15(20(25)14-6-2-1-3-7-14)12-16-10-11-19(26-16)27-21-23-17-8-4-5-9-18(17)24-21/h1-12H,(H,23,24). The third-order valence-electron chi connectivity index (χ3n) is 3.85. The minimum absolute atomic E-state index is 0.0239. The Morgan fingerprint density at radius 2 is 1.85 bits per heavy atom. The number of furan rings is 1. The fourth-order valence-corrected chi connectivity index (χ4v) is 3.35. The summed E-state index contributed by atoms with van der Waals surface area (Å²) in [6, 6.07) is 21.9. The quantitative estimate of drug-likeness (QED) is 0.300. The maximum Gasteiger partial charge on any atom is 0.203 e. The van der Waals surface area contributed by atoms with Gasteiger partial charge in [-0.2, -0.15) is 5.26 Å². The lowest BCUT2D eigenvalue weighted by Crippen LogP contribution is -2.01. The van der Waals surface area contributed by atoms with Gasteiger partial charge in [0.1, 0.15) is 17.4 Å². The smallest absolute Gasteiger partial charge is 0.203 e. The number of rotatable bonds is 5. The number of aromatic nitrogens is 2. The topological polar surface area (TPSA) is 82.7 Å². The molecule has 0 unspecified atom stereocenters. The molecule has 0 aliphatic rings. The fourth-order valence-electron chi connectivity index (χ4n) is 2.58. The molecule has 0 bridgehead atoms. The van der Waals surface area contributed by atoms with Gasteiger partial charge in [-0.3, -0.25) is 4.79 Å². The second-order valence-corrected chi connectivity index (χ2v) is 6.68. The van der Waals surface area contributed by atoms with Crippen LogP contribution in [-0.4, -0.2) is 15.8 Å². The van der Waals surface area contributed by atoms with Crippen LogP contribution in [0.3, 0.4) is 0 Å². The lowest BCUT2D eigenvalue weighted by Gasteiger charge is -1.98. The first-order chi connectivity index (χ1) is 13.2. The van der Waals surface area contributed by atoms with E-state index in [9.17, 15) is 10.1 Å². The minimum Gasteiger partial charge on any atom is -0.450 e. The van der Waals surface area contributed by atoms with E-state index in [0.29, 0.717) is 21.6 Å². The third-order valence-corrected chi connectivity index (χ3v) is 4.66. The lowest BCUT2D eigenvalue weighted by molar-refractivity contribution is 0.104. The minimum atomic E-state index is -0.332. The highest BCUT2D eigenvalue weighted by Gasteiger charge is 2.13. The highest BCUT2D eigenvalue weighted by atomic mass is 32.2. The van der Waals surface area contributed by atoms with Gasteiger partial charge in [0, 0.05) is 11.6 Å². The van der Waals surface area contributed by atoms with E-state index in [-0.39, 0.29) is 11.4 Å². The van der Waals surface area contributed by atoms with Crippen molar-refractivity contribution in [1.82, 2.24) is 9.97 Å². The van der Waals surface area contributed by atoms with Gasteiger partial charge in [0.15, 0.2) is 10.2 Å². The number of Topliss-reactive ketones (excluding diaryl/α,β-unsaturated/α-hetero) is 1. The molecule has 2 heterocycles. The molecule has 2 aromatic carbocycles. The zero-order valence-corrected chi connectivity index (χ0v) is 14.9. The monoisotopic (exact) mass is 371 g/mol. The van der Waals surface area contributed by atoms with Crippen LogP contribution in [0.2, 0.25) is 0 Å². The molecule has 0 atom stereocenters. The summed E-state index contributed by atoms with van der Waals surface area (Å²) in [6.45, 7) is 0. The van der Waals surface area contributed by atoms with Crippen LogP contribution in [0, 0.1) is 11.3 Å². The fraction of sp³-hybridized carbons (Fsp3) is 0. The van der Waals surface area contributed by atoms with E-state index in [1.54, 1.807) is 36.4 Å². The number of hydrogen-bond acceptors (Lipinski definition) is 5. The van der Waals surface area contributed by atoms with Crippen molar-refractivity contribution in [3.05, 3.63) is 83.6 Å². The van der Waals surface area contributed by atoms with Crippen molar-refractivity contribution >= 4 is 34.7 Å². The van der Waals surface area contributed by atoms with Crippen LogP contribution in [-0.2, 0) is 0 Å². The van der Waals surface area contributed by atoms with Gasteiger partial charge in [0.05, 0.1) is 11.0 Å². The number of nitrogens with zero attached hydrogens (tertiary/aromatic N) is 2. The average molecular weight is 371 g/mol. The Bertz CT molecular complexity index is 1150. The molecule has 0 aliphatic heterocycles. The number of para-hydroxylation sites is 2. The first kappa shape index (κ1) is 16.9. The van der Waals surface area contributed by atoms with Crippen molar-refractivity contribution in [2.24, 2.45) is 0 Å². The molecule has 0 amide bonds. The third kappa shape index (κ3) is 3.68. The Morgan fingerprint density at radius 1 is 1.07 bits per heavy atom. The first-order valence-corrected chi connectivity index (χ1v) is 8.98. The molecule has 130 valence electrons. The van der Waals surface area contributed by atoms with Gasteiger partial charge in [0.2, 0.25) is 5.78 Å². The predicted octanol–water partition coefficient (Wildman–Crippen LogP) is 5.10. The number of nitrogens with one attached hydrogen (secondary N) is 1. The Kier molecular flexibility index (Phi) is 4.60. The number of imidazole rings is 1. The Balaban J connectivity index is 1.55. The van der Waals surface area contributed by atoms with Crippen molar-refractivity contribution in [2.45, 2.75) is 10.2 Å². The average Bonchev–Trinajstić information content (AvgIpc) is 3.32. The number of fused-ring (bicyclic) bond motifs is 1. The SMILES string of the molecule is N#CC(=Cc1ccc(Sc2nc3ccccc3[nH]2)o1)C(=O)c1ccccc1. The van der Waals surface area contributed by atoms with Crippen LogP contribution in [0.1, 0.15) is 16.1 Å². The number of ketones is 1. The van der Waals surface area contributed by atoms with Crippen molar-refractivity contribution in [3.63, 3.8) is 0 Å². The molecule has 5 nitrogen and oxygen atoms in total. The van der Waals surface area contributed by atoms with Gasteiger partial charge in [-0.05, 0) is 36.0 Å². The van der Waals surface area contributed by atoms with Crippen LogP contribution in [0.5, 0.6) is 0 Å². The molecule has 0 saturated heterocycles. The molecule has 0 spiro atoms. The summed E-state index contributed by atoms with van der Waals surface area (Å²) < 4.78 is 5.73. The number of hydrogen-bond donors (Lipinski definition) is 1. The number of allylic oxidation sites excluding steroid dienone is 1. The molecular formula is C21H13N3O2S. The normalized spacial score (nSPS) is 11.4. The summed E-state index contributed by atoms with van der Waals surface area (Å²) in [5, 5.41) is 10.7. The molecule has 0 fully saturated rings. The van der Waals surface area contributed by atoms with E-state index < -0.39 is 0 Å². The van der Waals surface area contributed by atoms with Gasteiger partial charge < -0.3 is 9.40 Å². The molecule has 2 aromatic heterocycles. The summed E-state index contributed by atoms with van der Waals surface area (Å²) in [4.78, 5) is 20.1. The lowest BCUT2D eigenvalue weighted by atomic mass is 10.0. The van der Waals surface area contributed by atoms with Crippen LogP contribution in [0.25, 0.3) is 17.1 Å². The van der Waals surface area contributed by atoms with Crippen molar-refractivity contribution < 1.29 is 9.21 Å². The molecule has 4 aromatic rings. The van der Waals surface area contributed by atoms with E-state index in [0.717, 1.165) is 11.0 Å². The number of H-pyrrole nitrogens is 1. The van der Waals surface area contributed by atoms with E-state index >= 15 is 0 Å². The summed E-state index contributed by atoms with van der Waals surface area (Å²) in [6.07, 6.45) is 1.46. The number of nitriles is 1. The van der Waals surface area contributed by atoms with Crippen LogP contribution < -0.4 is 0 Å². The van der Waals surface area contributed by atoms with Gasteiger partial charge in [-0.25, -0.2) is 4.98 Å².